The predicted octanol–water partition coefficient (Wildman–Crippen LogP) is 4.48. The van der Waals surface area contributed by atoms with Crippen LogP contribution >= 0.6 is 0 Å². The third-order valence-corrected chi connectivity index (χ3v) is 4.21. The van der Waals surface area contributed by atoms with Crippen LogP contribution in [0, 0.1) is 0 Å². The van der Waals surface area contributed by atoms with E-state index in [0.29, 0.717) is 11.4 Å². The van der Waals surface area contributed by atoms with Gasteiger partial charge >= 0.3 is 0 Å². The van der Waals surface area contributed by atoms with Crippen molar-refractivity contribution < 1.29 is 8.42 Å². The molecule has 0 aromatic heterocycles. The number of anilines is 2. The lowest BCUT2D eigenvalue weighted by Gasteiger charge is -2.15. The maximum absolute atomic E-state index is 11.5. The molecule has 0 fully saturated rings. The third-order valence-electron chi connectivity index (χ3n) is 3.62. The van der Waals surface area contributed by atoms with Gasteiger partial charge in [-0.25, -0.2) is 8.42 Å². The van der Waals surface area contributed by atoms with E-state index in [9.17, 15) is 8.42 Å². The van der Waals surface area contributed by atoms with E-state index < -0.39 is 10.0 Å². The molecule has 0 saturated carbocycles. The van der Waals surface area contributed by atoms with E-state index in [0.717, 1.165) is 23.9 Å². The Balaban J connectivity index is 2.12. The summed E-state index contributed by atoms with van der Waals surface area (Å²) in [4.78, 5) is 0. The summed E-state index contributed by atoms with van der Waals surface area (Å²) in [5.41, 5.74) is 4.11. The van der Waals surface area contributed by atoms with Crippen molar-refractivity contribution in [1.82, 2.24) is 0 Å². The van der Waals surface area contributed by atoms with Crippen LogP contribution < -0.4 is 10.0 Å². The molecule has 2 rings (SSSR count). The molecule has 2 N–H and O–H groups in total. The fourth-order valence-electron chi connectivity index (χ4n) is 2.41. The summed E-state index contributed by atoms with van der Waals surface area (Å²) in [6, 6.07) is 15.4. The van der Waals surface area contributed by atoms with Crippen molar-refractivity contribution in [3.05, 3.63) is 66.2 Å². The molecule has 0 saturated heterocycles. The monoisotopic (exact) mass is 344 g/mol. The molecule has 0 heterocycles. The molecular weight excluding hydrogens is 320 g/mol. The van der Waals surface area contributed by atoms with Gasteiger partial charge in [0.25, 0.3) is 0 Å². The second-order valence-corrected chi connectivity index (χ2v) is 7.57. The molecule has 0 aliphatic heterocycles. The van der Waals surface area contributed by atoms with Gasteiger partial charge in [-0.1, -0.05) is 50.3 Å². The van der Waals surface area contributed by atoms with Crippen molar-refractivity contribution in [3.8, 4) is 0 Å². The highest BCUT2D eigenvalue weighted by Crippen LogP contribution is 2.25. The summed E-state index contributed by atoms with van der Waals surface area (Å²) < 4.78 is 25.5. The minimum absolute atomic E-state index is 0.511. The van der Waals surface area contributed by atoms with Gasteiger partial charge in [-0.3, -0.25) is 4.72 Å². The number of hydrogen-bond donors (Lipinski definition) is 2. The largest absolute Gasteiger partial charge is 0.355 e. The fourth-order valence-corrected chi connectivity index (χ4v) is 2.99. The molecule has 0 radical (unpaired) electrons. The zero-order valence-electron chi connectivity index (χ0n) is 14.2. The molecule has 5 heteroatoms. The Morgan fingerprint density at radius 1 is 1.08 bits per heavy atom. The number of aryl methyl sites for hydroxylation is 1. The lowest BCUT2D eigenvalue weighted by molar-refractivity contribution is 0.607. The van der Waals surface area contributed by atoms with Gasteiger partial charge in [-0.05, 0) is 36.6 Å². The molecule has 128 valence electrons. The molecule has 0 aliphatic carbocycles. The average molecular weight is 344 g/mol. The molecule has 2 aromatic rings. The Morgan fingerprint density at radius 3 is 2.38 bits per heavy atom. The van der Waals surface area contributed by atoms with Crippen LogP contribution in [0.25, 0.3) is 5.70 Å². The Labute approximate surface area is 144 Å². The molecule has 0 spiro atoms. The lowest BCUT2D eigenvalue weighted by Crippen LogP contribution is -2.12. The van der Waals surface area contributed by atoms with Crippen LogP contribution in [0.15, 0.2) is 55.1 Å². The maximum atomic E-state index is 11.5. The van der Waals surface area contributed by atoms with Gasteiger partial charge in [0, 0.05) is 16.9 Å². The number of sulfonamides is 1. The van der Waals surface area contributed by atoms with E-state index >= 15 is 0 Å². The van der Waals surface area contributed by atoms with Crippen molar-refractivity contribution in [2.45, 2.75) is 26.2 Å². The topological polar surface area (TPSA) is 58.2 Å². The quantitative estimate of drug-likeness (QED) is 0.742. The van der Waals surface area contributed by atoms with E-state index in [4.69, 9.17) is 0 Å². The van der Waals surface area contributed by atoms with Gasteiger partial charge in [0.1, 0.15) is 0 Å². The molecule has 24 heavy (non-hydrogen) atoms. The number of hydrogen-bond acceptors (Lipinski definition) is 3. The second kappa shape index (κ2) is 8.02. The number of benzene rings is 2. The van der Waals surface area contributed by atoms with Gasteiger partial charge in [-0.15, -0.1) is 0 Å². The molecule has 0 amide bonds. The van der Waals surface area contributed by atoms with E-state index in [1.165, 1.54) is 18.4 Å². The Hall–Kier alpha value is -2.27. The van der Waals surface area contributed by atoms with Crippen LogP contribution in [0.5, 0.6) is 0 Å². The average Bonchev–Trinajstić information content (AvgIpc) is 2.53. The van der Waals surface area contributed by atoms with E-state index in [1.807, 2.05) is 24.3 Å². The molecule has 0 aliphatic rings. The third kappa shape index (κ3) is 5.42. The summed E-state index contributed by atoms with van der Waals surface area (Å²) in [6.07, 6.45) is 4.58. The first-order valence-electron chi connectivity index (χ1n) is 8.01. The van der Waals surface area contributed by atoms with Crippen molar-refractivity contribution in [2.75, 3.05) is 16.3 Å². The molecular formula is C19H24N2O2S. The van der Waals surface area contributed by atoms with Gasteiger partial charge < -0.3 is 5.32 Å². The Kier molecular flexibility index (Phi) is 6.04. The summed E-state index contributed by atoms with van der Waals surface area (Å²) >= 11 is 0. The van der Waals surface area contributed by atoms with Crippen LogP contribution in [0.2, 0.25) is 0 Å². The predicted molar refractivity (Wildman–Crippen MR) is 103 cm³/mol. The van der Waals surface area contributed by atoms with Crippen LogP contribution in [-0.4, -0.2) is 14.7 Å². The summed E-state index contributed by atoms with van der Waals surface area (Å²) in [7, 11) is -3.34. The first-order chi connectivity index (χ1) is 11.4. The van der Waals surface area contributed by atoms with Crippen LogP contribution in [0.3, 0.4) is 0 Å². The Morgan fingerprint density at radius 2 is 1.75 bits per heavy atom. The molecule has 4 nitrogen and oxygen atoms in total. The zero-order chi connectivity index (χ0) is 17.6. The van der Waals surface area contributed by atoms with Gasteiger partial charge in [0.2, 0.25) is 10.0 Å². The van der Waals surface area contributed by atoms with E-state index in [-0.39, 0.29) is 0 Å². The molecule has 2 aromatic carbocycles. The van der Waals surface area contributed by atoms with Crippen LogP contribution in [-0.2, 0) is 16.4 Å². The second-order valence-electron chi connectivity index (χ2n) is 5.82. The molecule has 0 unspecified atom stereocenters. The number of unbranched alkanes of at least 4 members (excludes halogenated alkanes) is 1. The van der Waals surface area contributed by atoms with E-state index in [1.54, 1.807) is 12.1 Å². The normalized spacial score (nSPS) is 11.1. The van der Waals surface area contributed by atoms with Crippen LogP contribution in [0.4, 0.5) is 11.4 Å². The minimum Gasteiger partial charge on any atom is -0.355 e. The Bertz CT molecular complexity index is 796. The van der Waals surface area contributed by atoms with Gasteiger partial charge in [0.05, 0.1) is 11.9 Å². The minimum atomic E-state index is -3.34. The SMILES string of the molecule is C=C(Nc1ccc(CCCC)cc1)c1ccccc1NS(C)(=O)=O. The highest BCUT2D eigenvalue weighted by atomic mass is 32.2. The summed E-state index contributed by atoms with van der Waals surface area (Å²) in [5.74, 6) is 0. The lowest BCUT2D eigenvalue weighted by atomic mass is 10.1. The van der Waals surface area contributed by atoms with Crippen molar-refractivity contribution in [2.24, 2.45) is 0 Å². The highest BCUT2D eigenvalue weighted by Gasteiger charge is 2.09. The molecule has 0 atom stereocenters. The first kappa shape index (κ1) is 18.1. The van der Waals surface area contributed by atoms with Crippen molar-refractivity contribution in [1.29, 1.82) is 0 Å². The highest BCUT2D eigenvalue weighted by molar-refractivity contribution is 7.92. The molecule has 0 bridgehead atoms. The zero-order valence-corrected chi connectivity index (χ0v) is 15.0. The number of nitrogens with one attached hydrogen (secondary N) is 2. The fraction of sp³-hybridized carbons (Fsp3) is 0.263. The standard InChI is InChI=1S/C19H24N2O2S/c1-4-5-8-16-11-13-17(14-12-16)20-15(2)18-9-6-7-10-19(18)21-24(3,22)23/h6-7,9-14,20-21H,2,4-5,8H2,1,3H3. The van der Waals surface area contributed by atoms with Crippen molar-refractivity contribution in [3.63, 3.8) is 0 Å². The van der Waals surface area contributed by atoms with Gasteiger partial charge in [-0.2, -0.15) is 0 Å². The van der Waals surface area contributed by atoms with Crippen LogP contribution in [0.1, 0.15) is 30.9 Å². The van der Waals surface area contributed by atoms with E-state index in [2.05, 4.69) is 35.7 Å². The number of para-hydroxylation sites is 1. The summed E-state index contributed by atoms with van der Waals surface area (Å²) in [5, 5.41) is 3.24. The maximum Gasteiger partial charge on any atom is 0.229 e. The first-order valence-corrected chi connectivity index (χ1v) is 9.90. The van der Waals surface area contributed by atoms with Crippen molar-refractivity contribution >= 4 is 27.1 Å². The van der Waals surface area contributed by atoms with Gasteiger partial charge in [0.15, 0.2) is 0 Å². The smallest absolute Gasteiger partial charge is 0.229 e. The number of rotatable bonds is 8. The summed E-state index contributed by atoms with van der Waals surface area (Å²) in [6.45, 7) is 6.22.